The lowest BCUT2D eigenvalue weighted by molar-refractivity contribution is -0.162. The number of hydrogen-bond donors (Lipinski definition) is 0. The van der Waals surface area contributed by atoms with Crippen LogP contribution in [-0.2, 0) is 28.5 Å². The zero-order chi connectivity index (χ0) is 21.2. The number of allylic oxidation sites excluding steroid dienone is 2. The van der Waals surface area contributed by atoms with Gasteiger partial charge in [-0.2, -0.15) is 0 Å². The van der Waals surface area contributed by atoms with Crippen LogP contribution in [0.1, 0.15) is 64.2 Å². The Kier molecular flexibility index (Phi) is 9.40. The monoisotopic (exact) mass is 420 g/mol. The predicted octanol–water partition coefficient (Wildman–Crippen LogP) is 4.13. The van der Waals surface area contributed by atoms with Crippen LogP contribution in [-0.4, -0.2) is 50.1 Å². The molecule has 0 bridgehead atoms. The van der Waals surface area contributed by atoms with Gasteiger partial charge in [-0.3, -0.25) is 9.59 Å². The van der Waals surface area contributed by atoms with Crippen molar-refractivity contribution >= 4 is 11.9 Å². The lowest BCUT2D eigenvalue weighted by atomic mass is 9.79. The summed E-state index contributed by atoms with van der Waals surface area (Å²) in [6.07, 6.45) is 15.8. The van der Waals surface area contributed by atoms with Crippen molar-refractivity contribution in [2.45, 2.75) is 82.5 Å². The van der Waals surface area contributed by atoms with Gasteiger partial charge in [-0.05, 0) is 51.4 Å². The second-order valence-corrected chi connectivity index (χ2v) is 8.55. The van der Waals surface area contributed by atoms with E-state index < -0.39 is 11.8 Å². The molecular formula is C24H36O6. The Hall–Kier alpha value is -1.66. The van der Waals surface area contributed by atoms with Crippen molar-refractivity contribution in [3.8, 4) is 0 Å². The molecule has 2 aliphatic heterocycles. The fourth-order valence-electron chi connectivity index (χ4n) is 4.13. The molecule has 6 heteroatoms. The number of esters is 2. The fraction of sp³-hybridized carbons (Fsp3) is 0.750. The van der Waals surface area contributed by atoms with Crippen LogP contribution in [0.2, 0.25) is 0 Å². The highest BCUT2D eigenvalue weighted by Crippen LogP contribution is 2.33. The lowest BCUT2D eigenvalue weighted by Gasteiger charge is -2.28. The Morgan fingerprint density at radius 1 is 0.933 bits per heavy atom. The van der Waals surface area contributed by atoms with Crippen LogP contribution in [0.15, 0.2) is 24.8 Å². The van der Waals surface area contributed by atoms with Gasteiger partial charge in [0.1, 0.15) is 19.3 Å². The van der Waals surface area contributed by atoms with E-state index in [0.717, 1.165) is 58.0 Å². The Bertz CT molecular complexity index is 597. The van der Waals surface area contributed by atoms with Crippen molar-refractivity contribution in [2.75, 3.05) is 19.8 Å². The molecule has 3 rings (SSSR count). The van der Waals surface area contributed by atoms with Crippen LogP contribution >= 0.6 is 0 Å². The van der Waals surface area contributed by atoms with Crippen LogP contribution in [0.5, 0.6) is 0 Å². The van der Waals surface area contributed by atoms with E-state index in [1.807, 2.05) is 18.2 Å². The van der Waals surface area contributed by atoms with Crippen LogP contribution in [0.3, 0.4) is 0 Å². The number of rotatable bonds is 14. The van der Waals surface area contributed by atoms with Crippen molar-refractivity contribution in [1.82, 2.24) is 0 Å². The van der Waals surface area contributed by atoms with Gasteiger partial charge in [-0.25, -0.2) is 0 Å². The number of ether oxygens (including phenoxy) is 4. The van der Waals surface area contributed by atoms with Gasteiger partial charge in [0.2, 0.25) is 0 Å². The van der Waals surface area contributed by atoms with Gasteiger partial charge in [0.05, 0.1) is 30.7 Å². The summed E-state index contributed by atoms with van der Waals surface area (Å²) in [5, 5.41) is 0. The largest absolute Gasteiger partial charge is 0.463 e. The van der Waals surface area contributed by atoms with Crippen molar-refractivity contribution in [3.05, 3.63) is 24.8 Å². The van der Waals surface area contributed by atoms with Crippen LogP contribution < -0.4 is 0 Å². The molecule has 5 atom stereocenters. The molecule has 3 fully saturated rings. The van der Waals surface area contributed by atoms with E-state index in [1.165, 1.54) is 0 Å². The first kappa shape index (κ1) is 23.0. The predicted molar refractivity (Wildman–Crippen MR) is 113 cm³/mol. The minimum absolute atomic E-state index is 0.00860. The van der Waals surface area contributed by atoms with E-state index in [2.05, 4.69) is 6.58 Å². The van der Waals surface area contributed by atoms with Gasteiger partial charge in [-0.15, -0.1) is 6.58 Å². The van der Waals surface area contributed by atoms with Gasteiger partial charge in [0, 0.05) is 0 Å². The summed E-state index contributed by atoms with van der Waals surface area (Å²) in [5.74, 6) is -1.35. The molecule has 0 amide bonds. The van der Waals surface area contributed by atoms with Crippen molar-refractivity contribution in [2.24, 2.45) is 11.8 Å². The van der Waals surface area contributed by atoms with Crippen molar-refractivity contribution < 1.29 is 28.5 Å². The topological polar surface area (TPSA) is 77.7 Å². The number of carbonyl (C=O) groups is 2. The smallest absolute Gasteiger partial charge is 0.310 e. The number of carbonyl (C=O) groups excluding carboxylic acids is 2. The molecule has 1 aliphatic carbocycles. The molecule has 2 heterocycles. The third-order valence-electron chi connectivity index (χ3n) is 6.13. The summed E-state index contributed by atoms with van der Waals surface area (Å²) in [4.78, 5) is 25.1. The zero-order valence-corrected chi connectivity index (χ0v) is 18.0. The molecule has 0 N–H and O–H groups in total. The number of epoxide rings is 2. The van der Waals surface area contributed by atoms with Crippen molar-refractivity contribution in [1.29, 1.82) is 0 Å². The van der Waals surface area contributed by atoms with Gasteiger partial charge in [0.25, 0.3) is 0 Å². The average Bonchev–Trinajstić information content (AvgIpc) is 3.68. The van der Waals surface area contributed by atoms with Crippen LogP contribution in [0, 0.1) is 11.8 Å². The van der Waals surface area contributed by atoms with Crippen LogP contribution in [0.4, 0.5) is 0 Å². The van der Waals surface area contributed by atoms with E-state index >= 15 is 0 Å². The number of unbranched alkanes of at least 4 members (excludes halogenated alkanes) is 2. The van der Waals surface area contributed by atoms with Crippen LogP contribution in [0.25, 0.3) is 0 Å². The fourth-order valence-corrected chi connectivity index (χ4v) is 4.13. The minimum atomic E-state index is -0.396. The molecule has 5 unspecified atom stereocenters. The minimum Gasteiger partial charge on any atom is -0.463 e. The maximum absolute atomic E-state index is 12.6. The molecule has 30 heavy (non-hydrogen) atoms. The molecule has 0 aromatic carbocycles. The summed E-state index contributed by atoms with van der Waals surface area (Å²) in [6, 6.07) is 0. The third-order valence-corrected chi connectivity index (χ3v) is 6.13. The summed E-state index contributed by atoms with van der Waals surface area (Å²) in [6.45, 7) is 5.14. The Morgan fingerprint density at radius 2 is 1.67 bits per heavy atom. The highest BCUT2D eigenvalue weighted by atomic mass is 16.6. The maximum Gasteiger partial charge on any atom is 0.310 e. The summed E-state index contributed by atoms with van der Waals surface area (Å²) < 4.78 is 21.7. The summed E-state index contributed by atoms with van der Waals surface area (Å²) >= 11 is 0. The van der Waals surface area contributed by atoms with Gasteiger partial charge in [0.15, 0.2) is 0 Å². The van der Waals surface area contributed by atoms with Gasteiger partial charge >= 0.3 is 11.9 Å². The van der Waals surface area contributed by atoms with E-state index in [1.54, 1.807) is 0 Å². The summed E-state index contributed by atoms with van der Waals surface area (Å²) in [7, 11) is 0. The van der Waals surface area contributed by atoms with E-state index in [0.29, 0.717) is 18.9 Å². The first-order chi connectivity index (χ1) is 14.7. The van der Waals surface area contributed by atoms with E-state index in [9.17, 15) is 9.59 Å². The average molecular weight is 421 g/mol. The second-order valence-electron chi connectivity index (χ2n) is 8.55. The standard InChI is InChI=1S/C24H36O6/c1-2-3-4-5-6-9-15-27-23(25)19-12-7-8-13-20(19)24(26)29-17-22-21(30-22)14-10-11-18-16-28-18/h2,6,9,18-22H,1,3-5,7-8,10-17H2/b9-6+. The van der Waals surface area contributed by atoms with Gasteiger partial charge < -0.3 is 18.9 Å². The molecule has 6 nitrogen and oxygen atoms in total. The van der Waals surface area contributed by atoms with Crippen molar-refractivity contribution in [3.63, 3.8) is 0 Å². The first-order valence-corrected chi connectivity index (χ1v) is 11.5. The Balaban J connectivity index is 1.32. The molecule has 2 saturated heterocycles. The van der Waals surface area contributed by atoms with E-state index in [-0.39, 0.29) is 37.4 Å². The molecule has 3 aliphatic rings. The Labute approximate surface area is 180 Å². The first-order valence-electron chi connectivity index (χ1n) is 11.5. The third kappa shape index (κ3) is 7.88. The normalized spacial score (nSPS) is 30.1. The highest BCUT2D eigenvalue weighted by molar-refractivity contribution is 5.82. The van der Waals surface area contributed by atoms with Gasteiger partial charge in [-0.1, -0.05) is 31.1 Å². The van der Waals surface area contributed by atoms with E-state index in [4.69, 9.17) is 18.9 Å². The molecule has 0 spiro atoms. The molecule has 0 aromatic heterocycles. The number of hydrogen-bond acceptors (Lipinski definition) is 6. The molecule has 1 saturated carbocycles. The Morgan fingerprint density at radius 3 is 2.37 bits per heavy atom. The SMILES string of the molecule is C=CCCC/C=C/COC(=O)C1CCCCC1C(=O)OCC1OC1CCCC1CO1. The molecule has 0 aromatic rings. The second kappa shape index (κ2) is 12.3. The molecule has 0 radical (unpaired) electrons. The molecule has 168 valence electrons. The lowest BCUT2D eigenvalue weighted by Crippen LogP contribution is -2.35. The highest BCUT2D eigenvalue weighted by Gasteiger charge is 2.42. The maximum atomic E-state index is 12.6. The quantitative estimate of drug-likeness (QED) is 0.182. The zero-order valence-electron chi connectivity index (χ0n) is 18.0. The summed E-state index contributed by atoms with van der Waals surface area (Å²) in [5.41, 5.74) is 0. The molecular weight excluding hydrogens is 384 g/mol.